The number of urea groups is 1. The minimum absolute atomic E-state index is 0.0846. The number of piperidine rings is 1. The molecule has 0 aromatic heterocycles. The van der Waals surface area contributed by atoms with E-state index in [9.17, 15) is 14.7 Å². The largest absolute Gasteiger partial charge is 0.390 e. The molecular formula is C19H35N3O3. The average Bonchev–Trinajstić information content (AvgIpc) is 2.77. The van der Waals surface area contributed by atoms with Gasteiger partial charge >= 0.3 is 6.03 Å². The van der Waals surface area contributed by atoms with E-state index in [-0.39, 0.29) is 18.5 Å². The molecule has 2 fully saturated rings. The van der Waals surface area contributed by atoms with Gasteiger partial charge in [-0.15, -0.1) is 0 Å². The number of likely N-dealkylation sites (tertiary alicyclic amines) is 1. The number of unbranched alkanes of at least 4 members (excludes halogenated alkanes) is 3. The fourth-order valence-corrected chi connectivity index (χ4v) is 3.80. The van der Waals surface area contributed by atoms with Gasteiger partial charge in [-0.1, -0.05) is 39.5 Å². The predicted molar refractivity (Wildman–Crippen MR) is 98.3 cm³/mol. The normalized spacial score (nSPS) is 27.0. The highest BCUT2D eigenvalue weighted by molar-refractivity contribution is 6.06. The first-order chi connectivity index (χ1) is 11.9. The van der Waals surface area contributed by atoms with Gasteiger partial charge in [0.2, 0.25) is 0 Å². The summed E-state index contributed by atoms with van der Waals surface area (Å²) >= 11 is 0. The predicted octanol–water partition coefficient (Wildman–Crippen LogP) is 2.36. The maximum atomic E-state index is 12.7. The van der Waals surface area contributed by atoms with E-state index in [0.717, 1.165) is 57.5 Å². The van der Waals surface area contributed by atoms with Crippen molar-refractivity contribution in [1.29, 1.82) is 0 Å². The number of imide groups is 1. The number of nitrogens with zero attached hydrogens (tertiary/aromatic N) is 2. The van der Waals surface area contributed by atoms with Gasteiger partial charge in [-0.2, -0.15) is 0 Å². The molecule has 2 aliphatic heterocycles. The van der Waals surface area contributed by atoms with Crippen LogP contribution in [0.1, 0.15) is 65.7 Å². The molecule has 2 unspecified atom stereocenters. The molecule has 0 aliphatic carbocycles. The van der Waals surface area contributed by atoms with Crippen molar-refractivity contribution >= 4 is 11.9 Å². The highest BCUT2D eigenvalue weighted by Crippen LogP contribution is 2.24. The molecule has 6 nitrogen and oxygen atoms in total. The Kier molecular flexibility index (Phi) is 7.25. The Morgan fingerprint density at radius 2 is 1.88 bits per heavy atom. The van der Waals surface area contributed by atoms with Gasteiger partial charge in [0, 0.05) is 6.54 Å². The van der Waals surface area contributed by atoms with E-state index >= 15 is 0 Å². The smallest absolute Gasteiger partial charge is 0.325 e. The highest BCUT2D eigenvalue weighted by atomic mass is 16.3. The zero-order chi connectivity index (χ0) is 18.4. The lowest BCUT2D eigenvalue weighted by Gasteiger charge is -2.32. The second-order valence-corrected chi connectivity index (χ2v) is 8.13. The lowest BCUT2D eigenvalue weighted by Crippen LogP contribution is -2.46. The minimum atomic E-state index is -0.814. The fraction of sp³-hybridized carbons (Fsp3) is 0.895. The van der Waals surface area contributed by atoms with Crippen molar-refractivity contribution in [1.82, 2.24) is 15.1 Å². The Labute approximate surface area is 151 Å². The Balaban J connectivity index is 1.82. The molecule has 0 saturated carbocycles. The number of aliphatic hydroxyl groups is 1. The average molecular weight is 354 g/mol. The highest BCUT2D eigenvalue weighted by Gasteiger charge is 2.47. The van der Waals surface area contributed by atoms with Crippen LogP contribution >= 0.6 is 0 Å². The number of aliphatic hydroxyl groups excluding tert-OH is 1. The van der Waals surface area contributed by atoms with E-state index in [0.29, 0.717) is 13.0 Å². The van der Waals surface area contributed by atoms with Crippen LogP contribution in [0.2, 0.25) is 0 Å². The second-order valence-electron chi connectivity index (χ2n) is 8.13. The van der Waals surface area contributed by atoms with E-state index in [1.807, 2.05) is 0 Å². The van der Waals surface area contributed by atoms with Crippen LogP contribution < -0.4 is 5.32 Å². The third-order valence-electron chi connectivity index (χ3n) is 5.61. The summed E-state index contributed by atoms with van der Waals surface area (Å²) in [5.74, 6) is 0.549. The van der Waals surface area contributed by atoms with Gasteiger partial charge in [-0.25, -0.2) is 4.79 Å². The van der Waals surface area contributed by atoms with Crippen molar-refractivity contribution in [3.05, 3.63) is 0 Å². The van der Waals surface area contributed by atoms with Crippen LogP contribution in [0.3, 0.4) is 0 Å². The van der Waals surface area contributed by atoms with Crippen molar-refractivity contribution < 1.29 is 14.7 Å². The van der Waals surface area contributed by atoms with Gasteiger partial charge in [0.05, 0.1) is 12.6 Å². The van der Waals surface area contributed by atoms with Gasteiger partial charge in [-0.3, -0.25) is 9.69 Å². The fourth-order valence-electron chi connectivity index (χ4n) is 3.80. The molecule has 2 heterocycles. The number of rotatable bonds is 9. The van der Waals surface area contributed by atoms with Crippen molar-refractivity contribution in [2.75, 3.05) is 26.2 Å². The SMILES string of the molecule is CCCCCCC1(C)NC(=O)N(CC(O)CN2CCC(C)CC2)C1=O. The molecule has 144 valence electrons. The summed E-state index contributed by atoms with van der Waals surface area (Å²) in [5, 5.41) is 13.2. The van der Waals surface area contributed by atoms with Gasteiger partial charge in [-0.05, 0) is 45.2 Å². The number of nitrogens with one attached hydrogen (secondary N) is 1. The molecule has 6 heteroatoms. The number of carbonyl (C=O) groups is 2. The molecule has 3 amide bonds. The van der Waals surface area contributed by atoms with Crippen LogP contribution in [0.15, 0.2) is 0 Å². The maximum Gasteiger partial charge on any atom is 0.325 e. The summed E-state index contributed by atoms with van der Waals surface area (Å²) in [4.78, 5) is 28.4. The summed E-state index contributed by atoms with van der Waals surface area (Å²) in [5.41, 5.74) is -0.814. The van der Waals surface area contributed by atoms with E-state index < -0.39 is 11.6 Å². The first-order valence-corrected chi connectivity index (χ1v) is 9.90. The quantitative estimate of drug-likeness (QED) is 0.493. The van der Waals surface area contributed by atoms with Gasteiger partial charge in [0.1, 0.15) is 5.54 Å². The topological polar surface area (TPSA) is 72.9 Å². The molecule has 0 spiro atoms. The number of hydrogen-bond acceptors (Lipinski definition) is 4. The maximum absolute atomic E-state index is 12.7. The third-order valence-corrected chi connectivity index (χ3v) is 5.61. The molecule has 2 rings (SSSR count). The second kappa shape index (κ2) is 8.99. The van der Waals surface area contributed by atoms with Gasteiger partial charge in [0.15, 0.2) is 0 Å². The summed E-state index contributed by atoms with van der Waals surface area (Å²) in [6.45, 7) is 8.77. The summed E-state index contributed by atoms with van der Waals surface area (Å²) < 4.78 is 0. The molecule has 0 radical (unpaired) electrons. The molecule has 2 aliphatic rings. The van der Waals surface area contributed by atoms with E-state index in [4.69, 9.17) is 0 Å². The standard InChI is InChI=1S/C19H35N3O3/c1-4-5-6-7-10-19(3)17(24)22(18(25)20-19)14-16(23)13-21-11-8-15(2)9-12-21/h15-16,23H,4-14H2,1-3H3,(H,20,25). The number of hydrogen-bond donors (Lipinski definition) is 2. The molecule has 2 N–H and O–H groups in total. The monoisotopic (exact) mass is 353 g/mol. The van der Waals surface area contributed by atoms with E-state index in [2.05, 4.69) is 24.1 Å². The number of β-amino-alcohol motifs (C(OH)–C–C–N with tert-alkyl or cyclic N) is 1. The van der Waals surface area contributed by atoms with Crippen LogP contribution in [-0.2, 0) is 4.79 Å². The summed E-state index contributed by atoms with van der Waals surface area (Å²) in [6, 6.07) is -0.366. The van der Waals surface area contributed by atoms with Crippen LogP contribution in [0.25, 0.3) is 0 Å². The van der Waals surface area contributed by atoms with Crippen LogP contribution in [0.5, 0.6) is 0 Å². The lowest BCUT2D eigenvalue weighted by molar-refractivity contribution is -0.132. The molecule has 0 aromatic carbocycles. The van der Waals surface area contributed by atoms with Crippen LogP contribution in [0, 0.1) is 5.92 Å². The molecule has 2 saturated heterocycles. The van der Waals surface area contributed by atoms with Crippen molar-refractivity contribution in [3.8, 4) is 0 Å². The van der Waals surface area contributed by atoms with Gasteiger partial charge in [0.25, 0.3) is 5.91 Å². The molecule has 0 bridgehead atoms. The Morgan fingerprint density at radius 1 is 1.20 bits per heavy atom. The van der Waals surface area contributed by atoms with Crippen molar-refractivity contribution in [2.24, 2.45) is 5.92 Å². The molecule has 0 aromatic rings. The van der Waals surface area contributed by atoms with Crippen molar-refractivity contribution in [3.63, 3.8) is 0 Å². The molecular weight excluding hydrogens is 318 g/mol. The summed E-state index contributed by atoms with van der Waals surface area (Å²) in [7, 11) is 0. The minimum Gasteiger partial charge on any atom is -0.390 e. The van der Waals surface area contributed by atoms with E-state index in [1.54, 1.807) is 6.92 Å². The first-order valence-electron chi connectivity index (χ1n) is 9.90. The Hall–Kier alpha value is -1.14. The van der Waals surface area contributed by atoms with Gasteiger partial charge < -0.3 is 15.3 Å². The molecule has 2 atom stereocenters. The zero-order valence-electron chi connectivity index (χ0n) is 16.1. The van der Waals surface area contributed by atoms with Crippen LogP contribution in [0.4, 0.5) is 4.79 Å². The number of amides is 3. The third kappa shape index (κ3) is 5.42. The lowest BCUT2D eigenvalue weighted by atomic mass is 9.94. The summed E-state index contributed by atoms with van der Waals surface area (Å²) in [6.07, 6.45) is 6.56. The number of carbonyl (C=O) groups excluding carboxylic acids is 2. The Morgan fingerprint density at radius 3 is 2.52 bits per heavy atom. The van der Waals surface area contributed by atoms with E-state index in [1.165, 1.54) is 4.90 Å². The zero-order valence-corrected chi connectivity index (χ0v) is 16.1. The van der Waals surface area contributed by atoms with Crippen molar-refractivity contribution in [2.45, 2.75) is 77.4 Å². The molecule has 25 heavy (non-hydrogen) atoms. The Bertz CT molecular complexity index is 463. The van der Waals surface area contributed by atoms with Crippen LogP contribution in [-0.4, -0.2) is 64.7 Å². The first kappa shape index (κ1) is 20.2.